The van der Waals surface area contributed by atoms with E-state index in [2.05, 4.69) is 10.3 Å². The number of hydrogen-bond acceptors (Lipinski definition) is 4. The standard InChI is InChI=1S/C13H19N3O3S/c1-19-12-7-3-2-6-11(12)16-13(14)15-9-10-5-4-8-20(10,17)18/h2-3,6-7,10H,4-5,8-9H2,1H3,(H3,14,15,16). The van der Waals surface area contributed by atoms with E-state index < -0.39 is 15.1 Å². The molecule has 0 aromatic heterocycles. The first-order valence-electron chi connectivity index (χ1n) is 6.44. The molecule has 1 fully saturated rings. The second-order valence-electron chi connectivity index (χ2n) is 4.68. The van der Waals surface area contributed by atoms with Crippen LogP contribution in [0.5, 0.6) is 5.75 Å². The zero-order valence-electron chi connectivity index (χ0n) is 11.4. The van der Waals surface area contributed by atoms with Gasteiger partial charge in [-0.25, -0.2) is 8.42 Å². The third-order valence-corrected chi connectivity index (χ3v) is 5.56. The topological polar surface area (TPSA) is 93.8 Å². The number of hydrogen-bond donors (Lipinski definition) is 2. The molecule has 1 atom stereocenters. The lowest BCUT2D eigenvalue weighted by atomic mass is 10.2. The number of aliphatic imine (C=N–C) groups is 1. The van der Waals surface area contributed by atoms with Gasteiger partial charge in [-0.1, -0.05) is 12.1 Å². The van der Waals surface area contributed by atoms with Crippen molar-refractivity contribution < 1.29 is 13.2 Å². The maximum absolute atomic E-state index is 11.7. The van der Waals surface area contributed by atoms with Crippen LogP contribution in [0.1, 0.15) is 12.8 Å². The van der Waals surface area contributed by atoms with Crippen LogP contribution in [0, 0.1) is 0 Å². The van der Waals surface area contributed by atoms with Gasteiger partial charge in [0, 0.05) is 0 Å². The van der Waals surface area contributed by atoms with Crippen molar-refractivity contribution in [2.24, 2.45) is 10.7 Å². The number of anilines is 1. The summed E-state index contributed by atoms with van der Waals surface area (Å²) in [4.78, 5) is 4.12. The summed E-state index contributed by atoms with van der Waals surface area (Å²) in [5, 5.41) is 2.52. The molecule has 1 saturated heterocycles. The average Bonchev–Trinajstić information content (AvgIpc) is 2.76. The van der Waals surface area contributed by atoms with Gasteiger partial charge in [-0.05, 0) is 25.0 Å². The van der Waals surface area contributed by atoms with E-state index in [-0.39, 0.29) is 18.3 Å². The molecule has 1 unspecified atom stereocenters. The third kappa shape index (κ3) is 3.41. The Kier molecular flexibility index (Phi) is 4.49. The van der Waals surface area contributed by atoms with Crippen LogP contribution in [0.15, 0.2) is 29.3 Å². The number of rotatable bonds is 4. The maximum atomic E-state index is 11.7. The fraction of sp³-hybridized carbons (Fsp3) is 0.462. The second kappa shape index (κ2) is 6.13. The smallest absolute Gasteiger partial charge is 0.193 e. The summed E-state index contributed by atoms with van der Waals surface area (Å²) in [6.45, 7) is 0.205. The Hall–Kier alpha value is -1.76. The molecule has 0 radical (unpaired) electrons. The van der Waals surface area contributed by atoms with Crippen molar-refractivity contribution in [2.75, 3.05) is 24.7 Å². The summed E-state index contributed by atoms with van der Waals surface area (Å²) in [5.41, 5.74) is 6.48. The number of sulfone groups is 1. The Bertz CT molecular complexity index is 599. The Labute approximate surface area is 119 Å². The quantitative estimate of drug-likeness (QED) is 0.638. The van der Waals surface area contributed by atoms with Crippen LogP contribution >= 0.6 is 0 Å². The SMILES string of the molecule is COc1ccccc1NC(N)=NCC1CCCS1(=O)=O. The Morgan fingerprint density at radius 1 is 1.50 bits per heavy atom. The number of para-hydroxylation sites is 2. The van der Waals surface area contributed by atoms with Crippen molar-refractivity contribution in [1.29, 1.82) is 0 Å². The lowest BCUT2D eigenvalue weighted by Gasteiger charge is -2.11. The van der Waals surface area contributed by atoms with Crippen molar-refractivity contribution in [3.63, 3.8) is 0 Å². The van der Waals surface area contributed by atoms with E-state index in [0.29, 0.717) is 24.3 Å². The molecule has 7 heteroatoms. The molecule has 1 aromatic carbocycles. The Balaban J connectivity index is 2.01. The van der Waals surface area contributed by atoms with Gasteiger partial charge in [0.2, 0.25) is 0 Å². The predicted molar refractivity (Wildman–Crippen MR) is 79.9 cm³/mol. The van der Waals surface area contributed by atoms with Crippen LogP contribution in [-0.2, 0) is 9.84 Å². The monoisotopic (exact) mass is 297 g/mol. The molecular weight excluding hydrogens is 278 g/mol. The van der Waals surface area contributed by atoms with Gasteiger partial charge in [0.05, 0.1) is 30.3 Å². The largest absolute Gasteiger partial charge is 0.495 e. The number of guanidine groups is 1. The minimum Gasteiger partial charge on any atom is -0.495 e. The van der Waals surface area contributed by atoms with E-state index in [1.807, 2.05) is 18.2 Å². The van der Waals surface area contributed by atoms with Crippen LogP contribution in [0.4, 0.5) is 5.69 Å². The van der Waals surface area contributed by atoms with Gasteiger partial charge in [0.1, 0.15) is 5.75 Å². The minimum absolute atomic E-state index is 0.191. The predicted octanol–water partition coefficient (Wildman–Crippen LogP) is 0.999. The number of benzene rings is 1. The van der Waals surface area contributed by atoms with Gasteiger partial charge in [-0.15, -0.1) is 0 Å². The van der Waals surface area contributed by atoms with Crippen LogP contribution in [0.3, 0.4) is 0 Å². The zero-order valence-corrected chi connectivity index (χ0v) is 12.2. The molecule has 20 heavy (non-hydrogen) atoms. The van der Waals surface area contributed by atoms with Crippen LogP contribution in [-0.4, -0.2) is 39.0 Å². The van der Waals surface area contributed by atoms with E-state index in [1.165, 1.54) is 0 Å². The molecule has 1 aromatic rings. The number of ether oxygens (including phenoxy) is 1. The maximum Gasteiger partial charge on any atom is 0.193 e. The molecule has 3 N–H and O–H groups in total. The third-order valence-electron chi connectivity index (χ3n) is 3.30. The summed E-state index contributed by atoms with van der Waals surface area (Å²) in [5.74, 6) is 1.10. The van der Waals surface area contributed by atoms with Crippen molar-refractivity contribution in [2.45, 2.75) is 18.1 Å². The van der Waals surface area contributed by atoms with Crippen molar-refractivity contribution >= 4 is 21.5 Å². The summed E-state index contributed by atoms with van der Waals surface area (Å²) in [6.07, 6.45) is 1.37. The van der Waals surface area contributed by atoms with Crippen LogP contribution < -0.4 is 15.8 Å². The molecule has 2 rings (SSSR count). The number of nitrogens with two attached hydrogens (primary N) is 1. The first kappa shape index (κ1) is 14.6. The molecule has 0 aliphatic carbocycles. The van der Waals surface area contributed by atoms with Crippen LogP contribution in [0.25, 0.3) is 0 Å². The van der Waals surface area contributed by atoms with Crippen LogP contribution in [0.2, 0.25) is 0 Å². The second-order valence-corrected chi connectivity index (χ2v) is 7.08. The first-order valence-corrected chi connectivity index (χ1v) is 8.16. The highest BCUT2D eigenvalue weighted by Gasteiger charge is 2.30. The van der Waals surface area contributed by atoms with Crippen molar-refractivity contribution in [3.8, 4) is 5.75 Å². The first-order chi connectivity index (χ1) is 9.53. The number of methoxy groups -OCH3 is 1. The number of nitrogens with one attached hydrogen (secondary N) is 1. The van der Waals surface area contributed by atoms with Gasteiger partial charge in [-0.3, -0.25) is 4.99 Å². The molecule has 0 bridgehead atoms. The molecule has 1 heterocycles. The molecule has 0 amide bonds. The fourth-order valence-corrected chi connectivity index (χ4v) is 3.92. The average molecular weight is 297 g/mol. The van der Waals surface area contributed by atoms with E-state index >= 15 is 0 Å². The lowest BCUT2D eigenvalue weighted by Crippen LogP contribution is -2.26. The highest BCUT2D eigenvalue weighted by molar-refractivity contribution is 7.92. The molecule has 0 saturated carbocycles. The normalized spacial score (nSPS) is 21.6. The van der Waals surface area contributed by atoms with Crippen molar-refractivity contribution in [1.82, 2.24) is 0 Å². The summed E-state index contributed by atoms with van der Waals surface area (Å²) in [6, 6.07) is 7.31. The highest BCUT2D eigenvalue weighted by Crippen LogP contribution is 2.23. The van der Waals surface area contributed by atoms with Gasteiger partial charge in [0.15, 0.2) is 15.8 Å². The molecule has 0 spiro atoms. The van der Waals surface area contributed by atoms with Gasteiger partial charge in [0.25, 0.3) is 0 Å². The number of nitrogens with zero attached hydrogens (tertiary/aromatic N) is 1. The van der Waals surface area contributed by atoms with E-state index in [0.717, 1.165) is 0 Å². The molecule has 1 aliphatic rings. The lowest BCUT2D eigenvalue weighted by molar-refractivity contribution is 0.417. The fourth-order valence-electron chi connectivity index (χ4n) is 2.19. The summed E-state index contributed by atoms with van der Waals surface area (Å²) >= 11 is 0. The zero-order chi connectivity index (χ0) is 14.6. The van der Waals surface area contributed by atoms with Gasteiger partial charge in [-0.2, -0.15) is 0 Å². The van der Waals surface area contributed by atoms with E-state index in [1.54, 1.807) is 13.2 Å². The molecular formula is C13H19N3O3S. The molecule has 1 aliphatic heterocycles. The van der Waals surface area contributed by atoms with Gasteiger partial charge >= 0.3 is 0 Å². The van der Waals surface area contributed by atoms with Gasteiger partial charge < -0.3 is 15.8 Å². The Morgan fingerprint density at radius 3 is 2.90 bits per heavy atom. The Morgan fingerprint density at radius 2 is 2.25 bits per heavy atom. The summed E-state index contributed by atoms with van der Waals surface area (Å²) in [7, 11) is -1.42. The molecule has 6 nitrogen and oxygen atoms in total. The summed E-state index contributed by atoms with van der Waals surface area (Å²) < 4.78 is 28.6. The van der Waals surface area contributed by atoms with Crippen molar-refractivity contribution in [3.05, 3.63) is 24.3 Å². The highest BCUT2D eigenvalue weighted by atomic mass is 32.2. The molecule has 110 valence electrons. The van der Waals surface area contributed by atoms with E-state index in [4.69, 9.17) is 10.5 Å². The minimum atomic E-state index is -2.98. The van der Waals surface area contributed by atoms with E-state index in [9.17, 15) is 8.42 Å².